The van der Waals surface area contributed by atoms with Crippen LogP contribution in [0.4, 0.5) is 0 Å². The number of benzene rings is 1. The van der Waals surface area contributed by atoms with Gasteiger partial charge in [0.05, 0.1) is 26.1 Å². The summed E-state index contributed by atoms with van der Waals surface area (Å²) in [6, 6.07) is 5.49. The molecule has 1 aromatic carbocycles. The lowest BCUT2D eigenvalue weighted by Gasteiger charge is -2.18. The van der Waals surface area contributed by atoms with Crippen molar-refractivity contribution in [2.24, 2.45) is 0 Å². The van der Waals surface area contributed by atoms with Crippen molar-refractivity contribution >= 4 is 11.6 Å². The van der Waals surface area contributed by atoms with E-state index >= 15 is 0 Å². The average molecular weight is 309 g/mol. The second-order valence-corrected chi connectivity index (χ2v) is 5.52. The summed E-state index contributed by atoms with van der Waals surface area (Å²) in [4.78, 5) is 0. The molecule has 0 saturated carbocycles. The van der Waals surface area contributed by atoms with Crippen LogP contribution in [0.15, 0.2) is 22.6 Å². The highest BCUT2D eigenvalue weighted by Crippen LogP contribution is 2.27. The predicted molar refractivity (Wildman–Crippen MR) is 77.9 cm³/mol. The van der Waals surface area contributed by atoms with Gasteiger partial charge in [0.2, 0.25) is 11.8 Å². The van der Waals surface area contributed by atoms with Crippen molar-refractivity contribution in [1.29, 1.82) is 0 Å². The summed E-state index contributed by atoms with van der Waals surface area (Å²) in [6.45, 7) is 1.47. The van der Waals surface area contributed by atoms with Gasteiger partial charge in [0.15, 0.2) is 0 Å². The Balaban J connectivity index is 1.76. The number of ether oxygens (including phenoxy) is 2. The van der Waals surface area contributed by atoms with E-state index in [1.165, 1.54) is 0 Å². The minimum absolute atomic E-state index is 0.209. The quantitative estimate of drug-likeness (QED) is 0.868. The van der Waals surface area contributed by atoms with Crippen LogP contribution in [0.3, 0.4) is 0 Å². The zero-order chi connectivity index (χ0) is 14.7. The molecule has 0 spiro atoms. The van der Waals surface area contributed by atoms with Gasteiger partial charge in [-0.1, -0.05) is 11.6 Å². The molecule has 0 aliphatic carbocycles. The van der Waals surface area contributed by atoms with Gasteiger partial charge in [0.1, 0.15) is 5.75 Å². The molecule has 1 aliphatic rings. The molecule has 1 aromatic heterocycles. The van der Waals surface area contributed by atoms with Gasteiger partial charge in [-0.25, -0.2) is 0 Å². The van der Waals surface area contributed by atoms with E-state index in [1.807, 2.05) is 12.1 Å². The molecule has 0 bridgehead atoms. The first-order valence-electron chi connectivity index (χ1n) is 6.98. The molecule has 1 atom stereocenters. The molecule has 1 saturated heterocycles. The van der Waals surface area contributed by atoms with Gasteiger partial charge in [0, 0.05) is 17.2 Å². The largest absolute Gasteiger partial charge is 0.496 e. The summed E-state index contributed by atoms with van der Waals surface area (Å²) in [7, 11) is 1.63. The summed E-state index contributed by atoms with van der Waals surface area (Å²) in [5, 5.41) is 8.92. The fourth-order valence-electron chi connectivity index (χ4n) is 2.49. The number of aromatic nitrogens is 2. The third-order valence-electron chi connectivity index (χ3n) is 3.58. The molecule has 0 N–H and O–H groups in total. The van der Waals surface area contributed by atoms with Crippen molar-refractivity contribution in [1.82, 2.24) is 10.2 Å². The molecule has 2 heterocycles. The fraction of sp³-hybridized carbons (Fsp3) is 0.467. The maximum Gasteiger partial charge on any atom is 0.221 e. The van der Waals surface area contributed by atoms with Crippen molar-refractivity contribution in [3.05, 3.63) is 40.6 Å². The van der Waals surface area contributed by atoms with E-state index in [2.05, 4.69) is 10.2 Å². The van der Waals surface area contributed by atoms with Crippen molar-refractivity contribution in [3.63, 3.8) is 0 Å². The highest BCUT2D eigenvalue weighted by molar-refractivity contribution is 6.30. The van der Waals surface area contributed by atoms with Gasteiger partial charge in [0.25, 0.3) is 0 Å². The molecule has 6 heteroatoms. The van der Waals surface area contributed by atoms with Gasteiger partial charge >= 0.3 is 0 Å². The zero-order valence-electron chi connectivity index (χ0n) is 11.8. The Hall–Kier alpha value is -1.59. The van der Waals surface area contributed by atoms with E-state index in [4.69, 9.17) is 25.5 Å². The molecule has 0 amide bonds. The third kappa shape index (κ3) is 3.36. The second-order valence-electron chi connectivity index (χ2n) is 5.08. The second kappa shape index (κ2) is 6.45. The molecule has 0 radical (unpaired) electrons. The van der Waals surface area contributed by atoms with Crippen LogP contribution in [0.1, 0.15) is 36.1 Å². The molecular weight excluding hydrogens is 292 g/mol. The normalized spacial score (nSPS) is 18.7. The van der Waals surface area contributed by atoms with Gasteiger partial charge in [-0.3, -0.25) is 0 Å². The zero-order valence-corrected chi connectivity index (χ0v) is 12.6. The summed E-state index contributed by atoms with van der Waals surface area (Å²) in [6.07, 6.45) is 2.57. The highest BCUT2D eigenvalue weighted by Gasteiger charge is 2.22. The molecule has 1 aliphatic heterocycles. The van der Waals surface area contributed by atoms with E-state index in [1.54, 1.807) is 13.2 Å². The Bertz CT molecular complexity index is 609. The fourth-order valence-corrected chi connectivity index (χ4v) is 2.68. The number of nitrogens with zero attached hydrogens (tertiary/aromatic N) is 2. The van der Waals surface area contributed by atoms with E-state index in [9.17, 15) is 0 Å². The monoisotopic (exact) mass is 308 g/mol. The summed E-state index contributed by atoms with van der Waals surface area (Å²) in [5.74, 6) is 2.20. The van der Waals surface area contributed by atoms with Crippen molar-refractivity contribution in [3.8, 4) is 5.75 Å². The van der Waals surface area contributed by atoms with Gasteiger partial charge < -0.3 is 13.9 Å². The number of hydrogen-bond donors (Lipinski definition) is 0. The first-order valence-corrected chi connectivity index (χ1v) is 7.36. The maximum absolute atomic E-state index is 6.03. The Morgan fingerprint density at radius 1 is 1.38 bits per heavy atom. The Morgan fingerprint density at radius 2 is 2.29 bits per heavy atom. The molecule has 5 nitrogen and oxygen atoms in total. The minimum atomic E-state index is 0.209. The van der Waals surface area contributed by atoms with Crippen LogP contribution in [0.2, 0.25) is 5.02 Å². The van der Waals surface area contributed by atoms with Gasteiger partial charge in [-0.15, -0.1) is 10.2 Å². The lowest BCUT2D eigenvalue weighted by atomic mass is 10.0. The molecule has 3 rings (SSSR count). The van der Waals surface area contributed by atoms with E-state index in [0.717, 1.165) is 30.8 Å². The smallest absolute Gasteiger partial charge is 0.221 e. The first-order chi connectivity index (χ1) is 10.3. The predicted octanol–water partition coefficient (Wildman–Crippen LogP) is 3.22. The SMILES string of the molecule is COc1ccc(Cl)cc1Cc1nnc(C2CCCOC2)o1. The summed E-state index contributed by atoms with van der Waals surface area (Å²) in [5.41, 5.74) is 0.931. The molecule has 1 unspecified atom stereocenters. The summed E-state index contributed by atoms with van der Waals surface area (Å²) >= 11 is 6.03. The van der Waals surface area contributed by atoms with Crippen molar-refractivity contribution in [2.45, 2.75) is 25.2 Å². The minimum Gasteiger partial charge on any atom is -0.496 e. The first kappa shape index (κ1) is 14.4. The average Bonchev–Trinajstić information content (AvgIpc) is 2.97. The van der Waals surface area contributed by atoms with Crippen LogP contribution in [0.25, 0.3) is 0 Å². The lowest BCUT2D eigenvalue weighted by molar-refractivity contribution is 0.0722. The van der Waals surface area contributed by atoms with Gasteiger partial charge in [-0.2, -0.15) is 0 Å². The number of halogens is 1. The molecule has 21 heavy (non-hydrogen) atoms. The molecule has 1 fully saturated rings. The third-order valence-corrected chi connectivity index (χ3v) is 3.81. The maximum atomic E-state index is 6.03. The molecular formula is C15H17ClN2O3. The highest BCUT2D eigenvalue weighted by atomic mass is 35.5. The Morgan fingerprint density at radius 3 is 3.05 bits per heavy atom. The standard InChI is InChI=1S/C15H17ClN2O3/c1-19-13-5-4-12(16)7-11(13)8-14-17-18-15(21-14)10-3-2-6-20-9-10/h4-5,7,10H,2-3,6,8-9H2,1H3. The molecule has 2 aromatic rings. The Labute approximate surface area is 128 Å². The topological polar surface area (TPSA) is 57.4 Å². The van der Waals surface area contributed by atoms with Crippen molar-refractivity contribution in [2.75, 3.05) is 20.3 Å². The van der Waals surface area contributed by atoms with Gasteiger partial charge in [-0.05, 0) is 31.0 Å². The van der Waals surface area contributed by atoms with Crippen LogP contribution in [0, 0.1) is 0 Å². The van der Waals surface area contributed by atoms with Crippen LogP contribution in [-0.4, -0.2) is 30.5 Å². The van der Waals surface area contributed by atoms with E-state index in [0.29, 0.717) is 29.8 Å². The van der Waals surface area contributed by atoms with Crippen molar-refractivity contribution < 1.29 is 13.9 Å². The summed E-state index contributed by atoms with van der Waals surface area (Å²) < 4.78 is 16.5. The van der Waals surface area contributed by atoms with E-state index < -0.39 is 0 Å². The van der Waals surface area contributed by atoms with E-state index in [-0.39, 0.29) is 5.92 Å². The number of methoxy groups -OCH3 is 1. The number of hydrogen-bond acceptors (Lipinski definition) is 5. The van der Waals surface area contributed by atoms with Crippen LogP contribution in [0.5, 0.6) is 5.75 Å². The van der Waals surface area contributed by atoms with Crippen LogP contribution >= 0.6 is 11.6 Å². The number of rotatable bonds is 4. The lowest BCUT2D eigenvalue weighted by Crippen LogP contribution is -2.15. The molecule has 112 valence electrons. The Kier molecular flexibility index (Phi) is 4.41. The van der Waals surface area contributed by atoms with Crippen LogP contribution in [-0.2, 0) is 11.2 Å². The van der Waals surface area contributed by atoms with Crippen LogP contribution < -0.4 is 4.74 Å².